The predicted molar refractivity (Wildman–Crippen MR) is 151 cm³/mol. The van der Waals surface area contributed by atoms with Crippen LogP contribution in [0.3, 0.4) is 0 Å². The lowest BCUT2D eigenvalue weighted by Gasteiger charge is -2.29. The molecule has 4 aromatic rings. The summed E-state index contributed by atoms with van der Waals surface area (Å²) in [5.41, 5.74) is 2.73. The van der Waals surface area contributed by atoms with Gasteiger partial charge in [-0.25, -0.2) is 18.1 Å². The Hall–Kier alpha value is -3.17. The van der Waals surface area contributed by atoms with E-state index >= 15 is 0 Å². The number of sulfonamides is 1. The number of hydrogen-bond donors (Lipinski definition) is 1. The Morgan fingerprint density at radius 3 is 2.66 bits per heavy atom. The number of morpholine rings is 1. The fraction of sp³-hybridized carbons (Fsp3) is 0.276. The van der Waals surface area contributed by atoms with Crippen molar-refractivity contribution in [2.45, 2.75) is 31.2 Å². The van der Waals surface area contributed by atoms with Gasteiger partial charge in [-0.2, -0.15) is 0 Å². The number of nitrogens with one attached hydrogen (secondary N) is 1. The second-order valence-corrected chi connectivity index (χ2v) is 11.3. The number of rotatable bonds is 8. The molecule has 0 aliphatic carbocycles. The van der Waals surface area contributed by atoms with Gasteiger partial charge in [-0.3, -0.25) is 0 Å². The molecule has 5 rings (SSSR count). The third-order valence-corrected chi connectivity index (χ3v) is 8.59. The van der Waals surface area contributed by atoms with Gasteiger partial charge >= 0.3 is 0 Å². The van der Waals surface area contributed by atoms with Crippen LogP contribution in [0.25, 0.3) is 10.8 Å². The monoisotopic (exact) mass is 551 g/mol. The molecule has 0 bridgehead atoms. The van der Waals surface area contributed by atoms with Crippen molar-refractivity contribution < 1.29 is 17.9 Å². The van der Waals surface area contributed by atoms with Gasteiger partial charge in [-0.1, -0.05) is 42.8 Å². The molecular weight excluding hydrogens is 522 g/mol. The Bertz CT molecular complexity index is 1560. The number of ether oxygens (including phenoxy) is 2. The summed E-state index contributed by atoms with van der Waals surface area (Å²) in [4.78, 5) is 6.93. The Balaban J connectivity index is 1.38. The molecule has 9 heteroatoms. The topological polar surface area (TPSA) is 80.8 Å². The van der Waals surface area contributed by atoms with Gasteiger partial charge in [-0.05, 0) is 60.7 Å². The van der Waals surface area contributed by atoms with E-state index in [9.17, 15) is 8.42 Å². The minimum Gasteiger partial charge on any atom is -0.439 e. The van der Waals surface area contributed by atoms with Crippen molar-refractivity contribution in [2.24, 2.45) is 0 Å². The lowest BCUT2D eigenvalue weighted by molar-refractivity contribution is 0.122. The Morgan fingerprint density at radius 1 is 1.08 bits per heavy atom. The van der Waals surface area contributed by atoms with Crippen molar-refractivity contribution in [3.63, 3.8) is 0 Å². The van der Waals surface area contributed by atoms with Gasteiger partial charge in [0.15, 0.2) is 0 Å². The van der Waals surface area contributed by atoms with Gasteiger partial charge in [-0.15, -0.1) is 0 Å². The van der Waals surface area contributed by atoms with Crippen molar-refractivity contribution in [3.8, 4) is 11.6 Å². The molecule has 1 aromatic heterocycles. The molecule has 1 aliphatic rings. The van der Waals surface area contributed by atoms with Gasteiger partial charge < -0.3 is 14.4 Å². The fourth-order valence-electron chi connectivity index (χ4n) is 4.77. The van der Waals surface area contributed by atoms with E-state index in [-0.39, 0.29) is 4.90 Å². The number of fused-ring (bicyclic) bond motifs is 1. The highest BCUT2D eigenvalue weighted by atomic mass is 35.5. The number of halogens is 1. The van der Waals surface area contributed by atoms with E-state index in [0.717, 1.165) is 40.7 Å². The first kappa shape index (κ1) is 26.4. The summed E-state index contributed by atoms with van der Waals surface area (Å²) in [5.74, 6) is 1.15. The molecule has 1 fully saturated rings. The maximum Gasteiger partial charge on any atom is 0.241 e. The number of benzene rings is 3. The SMILES string of the molecule is CCc1c(C(C)NS(=O)(=O)c2ccc3c(Cl)cccc3c2)ccnc1Oc1cccc(N2CCOCC2)c1. The third kappa shape index (κ3) is 5.63. The van der Waals surface area contributed by atoms with E-state index in [1.54, 1.807) is 36.5 Å². The van der Waals surface area contributed by atoms with Crippen LogP contribution in [0.4, 0.5) is 5.69 Å². The van der Waals surface area contributed by atoms with Crippen LogP contribution in [-0.2, 0) is 21.2 Å². The number of pyridine rings is 1. The zero-order valence-corrected chi connectivity index (χ0v) is 22.9. The predicted octanol–water partition coefficient (Wildman–Crippen LogP) is 6.12. The van der Waals surface area contributed by atoms with Crippen molar-refractivity contribution >= 4 is 38.1 Å². The number of nitrogens with zero attached hydrogens (tertiary/aromatic N) is 2. The zero-order valence-electron chi connectivity index (χ0n) is 21.4. The average Bonchev–Trinajstić information content (AvgIpc) is 2.93. The van der Waals surface area contributed by atoms with Gasteiger partial charge in [0.2, 0.25) is 15.9 Å². The number of hydrogen-bond acceptors (Lipinski definition) is 6. The molecule has 7 nitrogen and oxygen atoms in total. The summed E-state index contributed by atoms with van der Waals surface area (Å²) in [7, 11) is -3.80. The summed E-state index contributed by atoms with van der Waals surface area (Å²) < 4.78 is 41.1. The molecule has 1 N–H and O–H groups in total. The van der Waals surface area contributed by atoms with Crippen LogP contribution in [0.5, 0.6) is 11.6 Å². The van der Waals surface area contributed by atoms with Crippen LogP contribution >= 0.6 is 11.6 Å². The van der Waals surface area contributed by atoms with Gasteiger partial charge in [0.1, 0.15) is 5.75 Å². The van der Waals surface area contributed by atoms with Crippen molar-refractivity contribution in [2.75, 3.05) is 31.2 Å². The maximum absolute atomic E-state index is 13.3. The quantitative estimate of drug-likeness (QED) is 0.284. The highest BCUT2D eigenvalue weighted by Gasteiger charge is 2.23. The molecule has 3 aromatic carbocycles. The van der Waals surface area contributed by atoms with Gasteiger partial charge in [0, 0.05) is 53.1 Å². The third-order valence-electron chi connectivity index (χ3n) is 6.72. The van der Waals surface area contributed by atoms with Crippen LogP contribution in [0.15, 0.2) is 77.8 Å². The number of anilines is 1. The lowest BCUT2D eigenvalue weighted by Crippen LogP contribution is -2.36. The Labute approximate surface area is 228 Å². The first-order valence-corrected chi connectivity index (χ1v) is 14.5. The lowest BCUT2D eigenvalue weighted by atomic mass is 10.0. The summed E-state index contributed by atoms with van der Waals surface area (Å²) in [6, 6.07) is 19.6. The second-order valence-electron chi connectivity index (χ2n) is 9.20. The van der Waals surface area contributed by atoms with Gasteiger partial charge in [0.05, 0.1) is 18.1 Å². The van der Waals surface area contributed by atoms with Crippen molar-refractivity contribution in [1.29, 1.82) is 0 Å². The zero-order chi connectivity index (χ0) is 26.7. The summed E-state index contributed by atoms with van der Waals surface area (Å²) in [6.07, 6.45) is 2.28. The van der Waals surface area contributed by atoms with Gasteiger partial charge in [0.25, 0.3) is 0 Å². The van der Waals surface area contributed by atoms with E-state index in [0.29, 0.717) is 36.3 Å². The van der Waals surface area contributed by atoms with Crippen LogP contribution < -0.4 is 14.4 Å². The van der Waals surface area contributed by atoms with E-state index in [1.807, 2.05) is 44.2 Å². The van der Waals surface area contributed by atoms with E-state index in [1.165, 1.54) is 0 Å². The van der Waals surface area contributed by atoms with Crippen molar-refractivity contribution in [3.05, 3.63) is 89.1 Å². The second kappa shape index (κ2) is 11.3. The van der Waals surface area contributed by atoms with E-state index in [4.69, 9.17) is 21.1 Å². The highest BCUT2D eigenvalue weighted by Crippen LogP contribution is 2.32. The van der Waals surface area contributed by atoms with Crippen LogP contribution in [0, 0.1) is 0 Å². The van der Waals surface area contributed by atoms with Crippen LogP contribution in [0.2, 0.25) is 5.02 Å². The summed E-state index contributed by atoms with van der Waals surface area (Å²) in [6.45, 7) is 6.90. The van der Waals surface area contributed by atoms with E-state index in [2.05, 4.69) is 20.7 Å². The van der Waals surface area contributed by atoms with Crippen molar-refractivity contribution in [1.82, 2.24) is 9.71 Å². The Morgan fingerprint density at radius 2 is 1.87 bits per heavy atom. The van der Waals surface area contributed by atoms with Crippen LogP contribution in [0.1, 0.15) is 31.0 Å². The van der Waals surface area contributed by atoms with E-state index < -0.39 is 16.1 Å². The molecule has 2 heterocycles. The molecule has 1 atom stereocenters. The average molecular weight is 552 g/mol. The molecule has 0 radical (unpaired) electrons. The Kier molecular flexibility index (Phi) is 7.85. The highest BCUT2D eigenvalue weighted by molar-refractivity contribution is 7.89. The summed E-state index contributed by atoms with van der Waals surface area (Å²) >= 11 is 6.25. The first-order valence-electron chi connectivity index (χ1n) is 12.6. The summed E-state index contributed by atoms with van der Waals surface area (Å²) in [5, 5.41) is 2.16. The fourth-order valence-corrected chi connectivity index (χ4v) is 6.27. The largest absolute Gasteiger partial charge is 0.439 e. The molecule has 1 unspecified atom stereocenters. The molecule has 198 valence electrons. The minimum atomic E-state index is -3.80. The first-order chi connectivity index (χ1) is 18.4. The molecular formula is C29H30ClN3O4S. The smallest absolute Gasteiger partial charge is 0.241 e. The molecule has 0 amide bonds. The minimum absolute atomic E-state index is 0.183. The molecule has 0 spiro atoms. The molecule has 0 saturated carbocycles. The standard InChI is InChI=1S/C29H30ClN3O4S/c1-3-25-26(20(2)32-38(34,35)24-10-11-27-21(18-24)6-4-9-28(27)30)12-13-31-29(25)37-23-8-5-7-22(19-23)33-14-16-36-17-15-33/h4-13,18-20,32H,3,14-17H2,1-2H3. The molecule has 1 aliphatic heterocycles. The maximum atomic E-state index is 13.3. The normalized spacial score (nSPS) is 15.0. The van der Waals surface area contributed by atoms with Crippen LogP contribution in [-0.4, -0.2) is 39.7 Å². The number of aromatic nitrogens is 1. The molecule has 1 saturated heterocycles. The molecule has 38 heavy (non-hydrogen) atoms.